The smallest absolute Gasteiger partial charge is 0.269 e. The minimum Gasteiger partial charge on any atom is -0.383 e. The lowest BCUT2D eigenvalue weighted by atomic mass is 10.2. The quantitative estimate of drug-likeness (QED) is 0.424. The molecule has 1 aromatic carbocycles. The van der Waals surface area contributed by atoms with Crippen LogP contribution in [0.2, 0.25) is 0 Å². The second-order valence-corrected chi connectivity index (χ2v) is 8.43. The van der Waals surface area contributed by atoms with E-state index in [-0.39, 0.29) is 22.1 Å². The zero-order valence-electron chi connectivity index (χ0n) is 17.9. The van der Waals surface area contributed by atoms with Crippen molar-refractivity contribution in [3.05, 3.63) is 59.4 Å². The lowest BCUT2D eigenvalue weighted by Gasteiger charge is -2.09. The molecule has 3 N–H and O–H groups in total. The Labute approximate surface area is 186 Å². The summed E-state index contributed by atoms with van der Waals surface area (Å²) in [6.07, 6.45) is 2.90. The van der Waals surface area contributed by atoms with E-state index in [4.69, 9.17) is 4.74 Å². The van der Waals surface area contributed by atoms with E-state index in [9.17, 15) is 22.8 Å². The van der Waals surface area contributed by atoms with E-state index in [1.54, 1.807) is 0 Å². The maximum absolute atomic E-state index is 12.5. The lowest BCUT2D eigenvalue weighted by Crippen LogP contribution is -2.31. The van der Waals surface area contributed by atoms with E-state index >= 15 is 0 Å². The summed E-state index contributed by atoms with van der Waals surface area (Å²) in [5, 5.41) is 5.32. The van der Waals surface area contributed by atoms with Crippen LogP contribution >= 0.6 is 0 Å². The molecule has 0 aliphatic rings. The number of aromatic nitrogens is 1. The van der Waals surface area contributed by atoms with Crippen molar-refractivity contribution in [1.29, 1.82) is 0 Å². The molecular weight excluding hydrogens is 436 g/mol. The summed E-state index contributed by atoms with van der Waals surface area (Å²) >= 11 is 0. The predicted octanol–water partition coefficient (Wildman–Crippen LogP) is 1.11. The number of unbranched alkanes of at least 4 members (excludes halogenated alkanes) is 1. The standard InChI is InChI=1S/C21H26N4O6S/c1-3-4-11-22-19(26)15-5-8-17(9-6-15)32(29,30)25-20(27)16-7-10-18(24-14-16)21(28)23-12-13-31-2/h5-10,14H,3-4,11-13H2,1-2H3,(H,22,26)(H,23,28)(H,25,27). The van der Waals surface area contributed by atoms with Gasteiger partial charge in [0.05, 0.1) is 17.1 Å². The van der Waals surface area contributed by atoms with E-state index in [2.05, 4.69) is 15.6 Å². The third kappa shape index (κ3) is 7.13. The Balaban J connectivity index is 2.01. The SMILES string of the molecule is CCCCNC(=O)c1ccc(S(=O)(=O)NC(=O)c2ccc(C(=O)NCCOC)nc2)cc1. The minimum absolute atomic E-state index is 0.0334. The summed E-state index contributed by atoms with van der Waals surface area (Å²) in [7, 11) is -2.66. The van der Waals surface area contributed by atoms with E-state index in [0.717, 1.165) is 19.0 Å². The number of carbonyl (C=O) groups is 3. The van der Waals surface area contributed by atoms with Crippen LogP contribution in [-0.2, 0) is 14.8 Å². The fourth-order valence-electron chi connectivity index (χ4n) is 2.53. The minimum atomic E-state index is -4.16. The Morgan fingerprint density at radius 1 is 0.906 bits per heavy atom. The molecular formula is C21H26N4O6S. The van der Waals surface area contributed by atoms with Gasteiger partial charge in [0, 0.05) is 32.0 Å². The van der Waals surface area contributed by atoms with Crippen LogP contribution in [0.25, 0.3) is 0 Å². The summed E-state index contributed by atoms with van der Waals surface area (Å²) in [5.41, 5.74) is 0.359. The molecule has 0 saturated heterocycles. The second kappa shape index (κ2) is 11.9. The van der Waals surface area contributed by atoms with Gasteiger partial charge >= 0.3 is 0 Å². The van der Waals surface area contributed by atoms with Crippen molar-refractivity contribution in [2.75, 3.05) is 26.8 Å². The van der Waals surface area contributed by atoms with E-state index in [0.29, 0.717) is 25.3 Å². The molecule has 2 rings (SSSR count). The average molecular weight is 463 g/mol. The Kier molecular flexibility index (Phi) is 9.29. The van der Waals surface area contributed by atoms with Crippen LogP contribution in [0.1, 0.15) is 51.0 Å². The molecule has 0 aliphatic carbocycles. The number of sulfonamides is 1. The number of nitrogens with one attached hydrogen (secondary N) is 3. The monoisotopic (exact) mass is 462 g/mol. The van der Waals surface area contributed by atoms with Crippen LogP contribution in [0.15, 0.2) is 47.5 Å². The first kappa shape index (κ1) is 25.0. The van der Waals surface area contributed by atoms with Gasteiger partial charge in [0.25, 0.3) is 27.7 Å². The summed E-state index contributed by atoms with van der Waals surface area (Å²) in [6, 6.07) is 7.85. The number of benzene rings is 1. The van der Waals surface area contributed by atoms with Gasteiger partial charge in [-0.1, -0.05) is 13.3 Å². The number of hydrogen-bond donors (Lipinski definition) is 3. The van der Waals surface area contributed by atoms with Crippen molar-refractivity contribution < 1.29 is 27.5 Å². The maximum Gasteiger partial charge on any atom is 0.269 e. The predicted molar refractivity (Wildman–Crippen MR) is 117 cm³/mol. The molecule has 0 saturated carbocycles. The summed E-state index contributed by atoms with van der Waals surface area (Å²) < 4.78 is 31.8. The van der Waals surface area contributed by atoms with Crippen LogP contribution in [-0.4, -0.2) is 57.9 Å². The Bertz CT molecular complexity index is 1040. The normalized spacial score (nSPS) is 10.9. The number of ether oxygens (including phenoxy) is 1. The number of amides is 3. The molecule has 3 amide bonds. The molecule has 10 nitrogen and oxygen atoms in total. The van der Waals surface area contributed by atoms with Crippen molar-refractivity contribution in [3.63, 3.8) is 0 Å². The van der Waals surface area contributed by atoms with Crippen molar-refractivity contribution in [1.82, 2.24) is 20.3 Å². The van der Waals surface area contributed by atoms with Crippen molar-refractivity contribution in [3.8, 4) is 0 Å². The molecule has 0 aliphatic heterocycles. The van der Waals surface area contributed by atoms with E-state index in [1.807, 2.05) is 11.6 Å². The van der Waals surface area contributed by atoms with Gasteiger partial charge in [-0.15, -0.1) is 0 Å². The molecule has 0 spiro atoms. The van der Waals surface area contributed by atoms with Crippen LogP contribution in [0.5, 0.6) is 0 Å². The first-order chi connectivity index (χ1) is 15.3. The molecule has 11 heteroatoms. The van der Waals surface area contributed by atoms with Gasteiger partial charge in [-0.25, -0.2) is 13.1 Å². The highest BCUT2D eigenvalue weighted by atomic mass is 32.2. The third-order valence-electron chi connectivity index (χ3n) is 4.32. The molecule has 0 fully saturated rings. The fourth-order valence-corrected chi connectivity index (χ4v) is 3.50. The van der Waals surface area contributed by atoms with Gasteiger partial charge in [-0.2, -0.15) is 0 Å². The van der Waals surface area contributed by atoms with Gasteiger partial charge < -0.3 is 15.4 Å². The van der Waals surface area contributed by atoms with E-state index in [1.165, 1.54) is 43.5 Å². The van der Waals surface area contributed by atoms with Gasteiger partial charge in [-0.3, -0.25) is 19.4 Å². The Morgan fingerprint density at radius 2 is 1.56 bits per heavy atom. The largest absolute Gasteiger partial charge is 0.383 e. The van der Waals surface area contributed by atoms with Crippen molar-refractivity contribution in [2.45, 2.75) is 24.7 Å². The summed E-state index contributed by atoms with van der Waals surface area (Å²) in [5.74, 6) is -1.64. The first-order valence-corrected chi connectivity index (χ1v) is 11.5. The fraction of sp³-hybridized carbons (Fsp3) is 0.333. The van der Waals surface area contributed by atoms with Gasteiger partial charge in [-0.05, 0) is 42.8 Å². The number of rotatable bonds is 11. The molecule has 1 heterocycles. The summed E-state index contributed by atoms with van der Waals surface area (Å²) in [4.78, 5) is 40.0. The Hall–Kier alpha value is -3.31. The molecule has 1 aromatic heterocycles. The number of nitrogens with zero attached hydrogens (tertiary/aromatic N) is 1. The molecule has 0 radical (unpaired) electrons. The molecule has 0 atom stereocenters. The zero-order chi connectivity index (χ0) is 23.6. The van der Waals surface area contributed by atoms with Crippen LogP contribution < -0.4 is 15.4 Å². The zero-order valence-corrected chi connectivity index (χ0v) is 18.7. The van der Waals surface area contributed by atoms with E-state index < -0.39 is 21.8 Å². The lowest BCUT2D eigenvalue weighted by molar-refractivity contribution is 0.0927. The third-order valence-corrected chi connectivity index (χ3v) is 5.67. The topological polar surface area (TPSA) is 144 Å². The first-order valence-electron chi connectivity index (χ1n) is 9.97. The molecule has 0 bridgehead atoms. The second-order valence-electron chi connectivity index (χ2n) is 6.75. The van der Waals surface area contributed by atoms with Gasteiger partial charge in [0.2, 0.25) is 0 Å². The number of pyridine rings is 1. The number of carbonyl (C=O) groups excluding carboxylic acids is 3. The molecule has 2 aromatic rings. The van der Waals surface area contributed by atoms with Crippen molar-refractivity contribution in [2.24, 2.45) is 0 Å². The van der Waals surface area contributed by atoms with Gasteiger partial charge in [0.15, 0.2) is 0 Å². The number of methoxy groups -OCH3 is 1. The number of hydrogen-bond acceptors (Lipinski definition) is 7. The maximum atomic E-state index is 12.5. The van der Waals surface area contributed by atoms with Gasteiger partial charge in [0.1, 0.15) is 5.69 Å². The molecule has 0 unspecified atom stereocenters. The Morgan fingerprint density at radius 3 is 2.16 bits per heavy atom. The highest BCUT2D eigenvalue weighted by Gasteiger charge is 2.20. The molecule has 172 valence electrons. The summed E-state index contributed by atoms with van der Waals surface area (Å²) in [6.45, 7) is 3.18. The highest BCUT2D eigenvalue weighted by molar-refractivity contribution is 7.90. The van der Waals surface area contributed by atoms with Crippen LogP contribution in [0.3, 0.4) is 0 Å². The molecule has 32 heavy (non-hydrogen) atoms. The highest BCUT2D eigenvalue weighted by Crippen LogP contribution is 2.12. The average Bonchev–Trinajstić information content (AvgIpc) is 2.79. The van der Waals surface area contributed by atoms with Crippen LogP contribution in [0, 0.1) is 0 Å². The van der Waals surface area contributed by atoms with Crippen molar-refractivity contribution >= 4 is 27.7 Å². The van der Waals surface area contributed by atoms with Crippen LogP contribution in [0.4, 0.5) is 0 Å².